The minimum absolute atomic E-state index is 0.371. The Morgan fingerprint density at radius 3 is 2.25 bits per heavy atom. The second-order valence-corrected chi connectivity index (χ2v) is 5.30. The van der Waals surface area contributed by atoms with Crippen LogP contribution in [0.1, 0.15) is 15.9 Å². The second-order valence-electron chi connectivity index (χ2n) is 4.73. The number of hydrogen-bond donors (Lipinski definition) is 0. The number of nitrogens with zero attached hydrogens (tertiary/aromatic N) is 1. The summed E-state index contributed by atoms with van der Waals surface area (Å²) in [6, 6.07) is 15.7. The molecule has 2 aromatic rings. The summed E-state index contributed by atoms with van der Waals surface area (Å²) in [7, 11) is 1.63. The number of hydrogen-bond acceptors (Lipinski definition) is 2. The van der Waals surface area contributed by atoms with Gasteiger partial charge in [0.05, 0.1) is 5.69 Å². The first-order valence-electron chi connectivity index (χ1n) is 6.23. The number of benzene rings is 2. The van der Waals surface area contributed by atoms with Crippen molar-refractivity contribution in [2.24, 2.45) is 0 Å². The fourth-order valence-electron chi connectivity index (χ4n) is 2.50. The van der Waals surface area contributed by atoms with Crippen LogP contribution >= 0.6 is 11.6 Å². The number of carbonyl (C=O) groups is 2. The molecule has 0 saturated carbocycles. The average Bonchev–Trinajstić information content (AvgIpc) is 2.51. The zero-order valence-electron chi connectivity index (χ0n) is 10.8. The van der Waals surface area contributed by atoms with Crippen molar-refractivity contribution in [3.63, 3.8) is 0 Å². The second kappa shape index (κ2) is 4.46. The normalized spacial score (nSPS) is 21.8. The van der Waals surface area contributed by atoms with E-state index in [1.165, 1.54) is 4.90 Å². The number of alkyl halides is 1. The molecule has 0 bridgehead atoms. The fraction of sp³-hybridized carbons (Fsp3) is 0.125. The molecular weight excluding hydrogens is 274 g/mol. The number of anilines is 1. The summed E-state index contributed by atoms with van der Waals surface area (Å²) in [4.78, 5) is 25.1. The molecule has 0 unspecified atom stereocenters. The minimum Gasteiger partial charge on any atom is -0.313 e. The largest absolute Gasteiger partial charge is 0.313 e. The highest BCUT2D eigenvalue weighted by molar-refractivity contribution is 6.51. The SMILES string of the molecule is CN1C(=O)[C@](Cl)(c2ccccc2)C(=O)c2ccccc21. The number of halogens is 1. The summed E-state index contributed by atoms with van der Waals surface area (Å²) in [5.41, 5.74) is 1.56. The number of Topliss-reactive ketones (excluding diaryl/α,β-unsaturated/α-hetero) is 1. The van der Waals surface area contributed by atoms with E-state index >= 15 is 0 Å². The Morgan fingerprint density at radius 1 is 0.950 bits per heavy atom. The van der Waals surface area contributed by atoms with Crippen LogP contribution in [-0.2, 0) is 9.67 Å². The third-order valence-corrected chi connectivity index (χ3v) is 4.15. The van der Waals surface area contributed by atoms with Crippen LogP contribution < -0.4 is 4.90 Å². The predicted molar refractivity (Wildman–Crippen MR) is 78.2 cm³/mol. The van der Waals surface area contributed by atoms with E-state index in [0.29, 0.717) is 16.8 Å². The number of likely N-dealkylation sites (N-methyl/N-ethyl adjacent to an activating group) is 1. The van der Waals surface area contributed by atoms with E-state index in [1.54, 1.807) is 55.6 Å². The Morgan fingerprint density at radius 2 is 1.55 bits per heavy atom. The molecule has 1 aliphatic rings. The van der Waals surface area contributed by atoms with Crippen molar-refractivity contribution >= 4 is 29.0 Å². The molecule has 1 amide bonds. The molecule has 1 heterocycles. The average molecular weight is 286 g/mol. The molecule has 0 spiro atoms. The molecule has 0 radical (unpaired) electrons. The van der Waals surface area contributed by atoms with E-state index in [1.807, 2.05) is 6.07 Å². The van der Waals surface area contributed by atoms with Gasteiger partial charge in [-0.1, -0.05) is 54.1 Å². The van der Waals surface area contributed by atoms with Gasteiger partial charge in [0.25, 0.3) is 5.91 Å². The molecule has 0 fully saturated rings. The van der Waals surface area contributed by atoms with Crippen molar-refractivity contribution < 1.29 is 9.59 Å². The lowest BCUT2D eigenvalue weighted by atomic mass is 9.84. The van der Waals surface area contributed by atoms with Crippen LogP contribution in [0.3, 0.4) is 0 Å². The molecule has 3 rings (SSSR count). The Bertz CT molecular complexity index is 699. The summed E-state index contributed by atoms with van der Waals surface area (Å²) in [6.07, 6.45) is 0. The van der Waals surface area contributed by atoms with Gasteiger partial charge in [-0.25, -0.2) is 0 Å². The summed E-state index contributed by atoms with van der Waals surface area (Å²) >= 11 is 6.48. The number of rotatable bonds is 1. The Kier molecular flexibility index (Phi) is 2.87. The van der Waals surface area contributed by atoms with E-state index in [9.17, 15) is 9.59 Å². The number of para-hydroxylation sites is 1. The number of fused-ring (bicyclic) bond motifs is 1. The molecule has 3 nitrogen and oxygen atoms in total. The molecule has 4 heteroatoms. The van der Waals surface area contributed by atoms with Gasteiger partial charge in [0.15, 0.2) is 5.78 Å². The van der Waals surface area contributed by atoms with Crippen LogP contribution in [0.25, 0.3) is 0 Å². The van der Waals surface area contributed by atoms with Crippen molar-refractivity contribution in [2.45, 2.75) is 4.87 Å². The van der Waals surface area contributed by atoms with Gasteiger partial charge < -0.3 is 4.90 Å². The molecule has 1 aliphatic heterocycles. The van der Waals surface area contributed by atoms with Crippen molar-refractivity contribution in [3.8, 4) is 0 Å². The van der Waals surface area contributed by atoms with E-state index in [-0.39, 0.29) is 5.78 Å². The third-order valence-electron chi connectivity index (χ3n) is 3.59. The maximum Gasteiger partial charge on any atom is 0.260 e. The fourth-order valence-corrected chi connectivity index (χ4v) is 2.86. The summed E-state index contributed by atoms with van der Waals surface area (Å²) < 4.78 is 0. The first-order valence-corrected chi connectivity index (χ1v) is 6.61. The summed E-state index contributed by atoms with van der Waals surface area (Å²) in [6.45, 7) is 0. The Balaban J connectivity index is 2.24. The lowest BCUT2D eigenvalue weighted by Crippen LogP contribution is -2.51. The number of amides is 1. The third kappa shape index (κ3) is 1.60. The maximum atomic E-state index is 12.7. The standard InChI is InChI=1S/C16H12ClNO2/c1-18-13-10-6-5-9-12(13)14(19)16(17,15(18)20)11-7-3-2-4-8-11/h2-10H,1H3/t16-/m0/s1. The molecule has 0 aliphatic carbocycles. The van der Waals surface area contributed by atoms with Gasteiger partial charge in [0.2, 0.25) is 4.87 Å². The summed E-state index contributed by atoms with van der Waals surface area (Å²) in [5.74, 6) is -0.793. The van der Waals surface area contributed by atoms with Gasteiger partial charge in [0, 0.05) is 12.6 Å². The Labute approximate surface area is 121 Å². The molecule has 0 N–H and O–H groups in total. The van der Waals surface area contributed by atoms with E-state index in [0.717, 1.165) is 0 Å². The number of ketones is 1. The highest BCUT2D eigenvalue weighted by Gasteiger charge is 2.52. The molecule has 20 heavy (non-hydrogen) atoms. The van der Waals surface area contributed by atoms with Gasteiger partial charge in [-0.2, -0.15) is 0 Å². The highest BCUT2D eigenvalue weighted by atomic mass is 35.5. The van der Waals surface area contributed by atoms with Crippen LogP contribution in [-0.4, -0.2) is 18.7 Å². The zero-order chi connectivity index (χ0) is 14.3. The predicted octanol–water partition coefficient (Wildman–Crippen LogP) is 2.98. The lowest BCUT2D eigenvalue weighted by molar-refractivity contribution is -0.120. The molecule has 0 aromatic heterocycles. The van der Waals surface area contributed by atoms with Crippen LogP contribution in [0, 0.1) is 0 Å². The van der Waals surface area contributed by atoms with Crippen LogP contribution in [0.5, 0.6) is 0 Å². The molecule has 2 aromatic carbocycles. The zero-order valence-corrected chi connectivity index (χ0v) is 11.6. The molecule has 1 atom stereocenters. The van der Waals surface area contributed by atoms with Crippen LogP contribution in [0.15, 0.2) is 54.6 Å². The van der Waals surface area contributed by atoms with Crippen LogP contribution in [0.2, 0.25) is 0 Å². The van der Waals surface area contributed by atoms with E-state index in [4.69, 9.17) is 11.6 Å². The van der Waals surface area contributed by atoms with Crippen molar-refractivity contribution in [3.05, 3.63) is 65.7 Å². The first-order chi connectivity index (χ1) is 9.56. The first kappa shape index (κ1) is 12.9. The lowest BCUT2D eigenvalue weighted by Gasteiger charge is -2.35. The van der Waals surface area contributed by atoms with Gasteiger partial charge in [-0.3, -0.25) is 9.59 Å². The van der Waals surface area contributed by atoms with Gasteiger partial charge in [-0.05, 0) is 17.7 Å². The Hall–Kier alpha value is -2.13. The smallest absolute Gasteiger partial charge is 0.260 e. The molecular formula is C16H12ClNO2. The van der Waals surface area contributed by atoms with Crippen LogP contribution in [0.4, 0.5) is 5.69 Å². The molecule has 100 valence electrons. The van der Waals surface area contributed by atoms with Gasteiger partial charge in [0.1, 0.15) is 0 Å². The van der Waals surface area contributed by atoms with Crippen molar-refractivity contribution in [2.75, 3.05) is 11.9 Å². The van der Waals surface area contributed by atoms with Crippen molar-refractivity contribution in [1.29, 1.82) is 0 Å². The number of carbonyl (C=O) groups excluding carboxylic acids is 2. The van der Waals surface area contributed by atoms with Gasteiger partial charge in [-0.15, -0.1) is 0 Å². The topological polar surface area (TPSA) is 37.4 Å². The summed E-state index contributed by atoms with van der Waals surface area (Å²) in [5, 5.41) is 0. The van der Waals surface area contributed by atoms with E-state index < -0.39 is 10.8 Å². The van der Waals surface area contributed by atoms with E-state index in [2.05, 4.69) is 0 Å². The maximum absolute atomic E-state index is 12.7. The highest BCUT2D eigenvalue weighted by Crippen LogP contribution is 2.42. The van der Waals surface area contributed by atoms with Crippen molar-refractivity contribution in [1.82, 2.24) is 0 Å². The molecule has 0 saturated heterocycles. The minimum atomic E-state index is -1.68. The van der Waals surface area contributed by atoms with Gasteiger partial charge >= 0.3 is 0 Å². The quantitative estimate of drug-likeness (QED) is 0.597. The monoisotopic (exact) mass is 285 g/mol.